The lowest BCUT2D eigenvalue weighted by Gasteiger charge is -2.11. The van der Waals surface area contributed by atoms with Gasteiger partial charge in [0.2, 0.25) is 5.91 Å². The number of hydrogen-bond donors (Lipinski definition) is 2. The van der Waals surface area contributed by atoms with Crippen LogP contribution in [0.1, 0.15) is 15.9 Å². The summed E-state index contributed by atoms with van der Waals surface area (Å²) in [5.41, 5.74) is 12.6. The van der Waals surface area contributed by atoms with Gasteiger partial charge in [-0.05, 0) is 48.9 Å². The van der Waals surface area contributed by atoms with Crippen molar-refractivity contribution in [1.29, 1.82) is 0 Å². The van der Waals surface area contributed by atoms with Crippen LogP contribution < -0.4 is 16.2 Å². The first-order valence-corrected chi connectivity index (χ1v) is 5.98. The minimum atomic E-state index is -0.527. The predicted molar refractivity (Wildman–Crippen MR) is 75.6 cm³/mol. The fourth-order valence-electron chi connectivity index (χ4n) is 1.64. The van der Waals surface area contributed by atoms with Crippen LogP contribution in [0.25, 0.3) is 0 Å². The highest BCUT2D eigenvalue weighted by Crippen LogP contribution is 2.31. The zero-order chi connectivity index (χ0) is 14.0. The second kappa shape index (κ2) is 5.20. The third kappa shape index (κ3) is 2.98. The van der Waals surface area contributed by atoms with Gasteiger partial charge in [-0.25, -0.2) is 0 Å². The molecule has 2 aromatic carbocycles. The van der Waals surface area contributed by atoms with E-state index in [2.05, 4.69) is 0 Å². The van der Waals surface area contributed by atoms with Crippen molar-refractivity contribution in [2.24, 2.45) is 5.73 Å². The van der Waals surface area contributed by atoms with E-state index < -0.39 is 5.91 Å². The summed E-state index contributed by atoms with van der Waals surface area (Å²) in [6.45, 7) is 1.88. The number of benzene rings is 2. The molecule has 4 N–H and O–H groups in total. The molecule has 0 saturated carbocycles. The Bertz CT molecular complexity index is 641. The van der Waals surface area contributed by atoms with E-state index in [9.17, 15) is 4.79 Å². The Hall–Kier alpha value is -2.20. The summed E-state index contributed by atoms with van der Waals surface area (Å²) >= 11 is 5.88. The molecule has 0 atom stereocenters. The third-order valence-electron chi connectivity index (χ3n) is 2.65. The van der Waals surface area contributed by atoms with Gasteiger partial charge in [0.25, 0.3) is 0 Å². The lowest BCUT2D eigenvalue weighted by Crippen LogP contribution is -2.11. The Balaban J connectivity index is 2.31. The maximum atomic E-state index is 11.0. The average Bonchev–Trinajstić information content (AvgIpc) is 2.34. The molecule has 4 nitrogen and oxygen atoms in total. The number of halogens is 1. The Labute approximate surface area is 115 Å². The van der Waals surface area contributed by atoms with Crippen molar-refractivity contribution in [1.82, 2.24) is 0 Å². The van der Waals surface area contributed by atoms with Crippen LogP contribution >= 0.6 is 11.6 Å². The smallest absolute Gasteiger partial charge is 0.248 e. The molecule has 2 rings (SSSR count). The normalized spacial score (nSPS) is 10.2. The second-order valence-corrected chi connectivity index (χ2v) is 4.57. The molecule has 0 spiro atoms. The number of amides is 1. The average molecular weight is 277 g/mol. The first-order valence-electron chi connectivity index (χ1n) is 5.60. The van der Waals surface area contributed by atoms with Crippen molar-refractivity contribution in [3.05, 3.63) is 52.5 Å². The Morgan fingerprint density at radius 2 is 1.84 bits per heavy atom. The van der Waals surface area contributed by atoms with E-state index in [-0.39, 0.29) is 0 Å². The number of ether oxygens (including phenoxy) is 1. The number of rotatable bonds is 3. The fraction of sp³-hybridized carbons (Fsp3) is 0.0714. The molecule has 0 unspecified atom stereocenters. The number of carbonyl (C=O) groups is 1. The molecule has 0 heterocycles. The van der Waals surface area contributed by atoms with Crippen LogP contribution in [-0.4, -0.2) is 5.91 Å². The van der Waals surface area contributed by atoms with Crippen LogP contribution in [0, 0.1) is 6.92 Å². The molecule has 1 amide bonds. The highest BCUT2D eigenvalue weighted by molar-refractivity contribution is 6.30. The van der Waals surface area contributed by atoms with Crippen LogP contribution in [0.3, 0.4) is 0 Å². The zero-order valence-corrected chi connectivity index (χ0v) is 11.1. The number of anilines is 1. The van der Waals surface area contributed by atoms with Crippen molar-refractivity contribution < 1.29 is 9.53 Å². The van der Waals surface area contributed by atoms with E-state index in [0.29, 0.717) is 27.8 Å². The molecule has 0 aliphatic rings. The molecule has 0 aliphatic heterocycles. The molecule has 2 aromatic rings. The Morgan fingerprint density at radius 3 is 2.42 bits per heavy atom. The van der Waals surface area contributed by atoms with Gasteiger partial charge in [-0.1, -0.05) is 11.6 Å². The molecular formula is C14H13ClN2O2. The summed E-state index contributed by atoms with van der Waals surface area (Å²) in [6.07, 6.45) is 0. The molecular weight excluding hydrogens is 264 g/mol. The Kier molecular flexibility index (Phi) is 3.62. The summed E-state index contributed by atoms with van der Waals surface area (Å²) in [5.74, 6) is 0.597. The van der Waals surface area contributed by atoms with Gasteiger partial charge in [0.15, 0.2) is 0 Å². The molecule has 0 bridgehead atoms. The van der Waals surface area contributed by atoms with Crippen LogP contribution in [0.15, 0.2) is 36.4 Å². The van der Waals surface area contributed by atoms with Gasteiger partial charge in [-0.3, -0.25) is 4.79 Å². The van der Waals surface area contributed by atoms with Crippen molar-refractivity contribution in [2.75, 3.05) is 5.73 Å². The number of nitrogens with two attached hydrogens (primary N) is 2. The summed E-state index contributed by atoms with van der Waals surface area (Å²) in [5, 5.41) is 0.641. The summed E-state index contributed by atoms with van der Waals surface area (Å²) in [7, 11) is 0. The zero-order valence-electron chi connectivity index (χ0n) is 10.3. The van der Waals surface area contributed by atoms with Gasteiger partial charge in [0.1, 0.15) is 11.5 Å². The maximum Gasteiger partial charge on any atom is 0.248 e. The summed E-state index contributed by atoms with van der Waals surface area (Å²) < 4.78 is 5.69. The molecule has 19 heavy (non-hydrogen) atoms. The van der Waals surface area contributed by atoms with Gasteiger partial charge in [-0.2, -0.15) is 0 Å². The molecule has 0 radical (unpaired) electrons. The van der Waals surface area contributed by atoms with E-state index in [4.69, 9.17) is 27.8 Å². The fourth-order valence-corrected chi connectivity index (χ4v) is 1.87. The van der Waals surface area contributed by atoms with E-state index in [0.717, 1.165) is 5.56 Å². The first-order chi connectivity index (χ1) is 8.97. The van der Waals surface area contributed by atoms with Crippen molar-refractivity contribution >= 4 is 23.2 Å². The quantitative estimate of drug-likeness (QED) is 0.846. The molecule has 98 valence electrons. The van der Waals surface area contributed by atoms with Crippen LogP contribution in [0.5, 0.6) is 11.5 Å². The number of primary amides is 1. The van der Waals surface area contributed by atoms with E-state index >= 15 is 0 Å². The maximum absolute atomic E-state index is 11.0. The second-order valence-electron chi connectivity index (χ2n) is 4.13. The van der Waals surface area contributed by atoms with Gasteiger partial charge in [0, 0.05) is 10.6 Å². The molecule has 0 fully saturated rings. The van der Waals surface area contributed by atoms with Gasteiger partial charge >= 0.3 is 0 Å². The van der Waals surface area contributed by atoms with Crippen LogP contribution in [-0.2, 0) is 0 Å². The van der Waals surface area contributed by atoms with E-state index in [1.165, 1.54) is 6.07 Å². The largest absolute Gasteiger partial charge is 0.455 e. The molecule has 0 saturated heterocycles. The van der Waals surface area contributed by atoms with Crippen molar-refractivity contribution in [3.63, 3.8) is 0 Å². The number of hydrogen-bond acceptors (Lipinski definition) is 3. The first kappa shape index (κ1) is 13.2. The van der Waals surface area contributed by atoms with Gasteiger partial charge in [0.05, 0.1) is 5.69 Å². The minimum Gasteiger partial charge on any atom is -0.455 e. The van der Waals surface area contributed by atoms with Gasteiger partial charge < -0.3 is 16.2 Å². The van der Waals surface area contributed by atoms with Crippen molar-refractivity contribution in [2.45, 2.75) is 6.92 Å². The lowest BCUT2D eigenvalue weighted by molar-refractivity contribution is 0.100. The topological polar surface area (TPSA) is 78.3 Å². The molecule has 5 heteroatoms. The monoisotopic (exact) mass is 276 g/mol. The molecule has 0 aromatic heterocycles. The highest BCUT2D eigenvalue weighted by atomic mass is 35.5. The highest BCUT2D eigenvalue weighted by Gasteiger charge is 2.08. The summed E-state index contributed by atoms with van der Waals surface area (Å²) in [4.78, 5) is 11.0. The van der Waals surface area contributed by atoms with Crippen LogP contribution in [0.4, 0.5) is 5.69 Å². The standard InChI is InChI=1S/C14H13ClN2O2/c1-8-6-10(15)3-5-12(8)19-13-4-2-9(14(17)18)7-11(13)16/h2-7H,16H2,1H3,(H2,17,18). The molecule has 0 aliphatic carbocycles. The Morgan fingerprint density at radius 1 is 1.16 bits per heavy atom. The number of nitrogen functional groups attached to an aromatic ring is 1. The number of aryl methyl sites for hydroxylation is 1. The van der Waals surface area contributed by atoms with Crippen molar-refractivity contribution in [3.8, 4) is 11.5 Å². The third-order valence-corrected chi connectivity index (χ3v) is 2.89. The summed E-state index contributed by atoms with van der Waals surface area (Å²) in [6, 6.07) is 9.97. The SMILES string of the molecule is Cc1cc(Cl)ccc1Oc1ccc(C(N)=O)cc1N. The van der Waals surface area contributed by atoms with Crippen LogP contribution in [0.2, 0.25) is 5.02 Å². The van der Waals surface area contributed by atoms with Gasteiger partial charge in [-0.15, -0.1) is 0 Å². The lowest BCUT2D eigenvalue weighted by atomic mass is 10.1. The number of carbonyl (C=O) groups excluding carboxylic acids is 1. The predicted octanol–water partition coefficient (Wildman–Crippen LogP) is 3.12. The minimum absolute atomic E-state index is 0.345. The van der Waals surface area contributed by atoms with E-state index in [1.807, 2.05) is 6.92 Å². The van der Waals surface area contributed by atoms with E-state index in [1.54, 1.807) is 30.3 Å².